The minimum absolute atomic E-state index is 0.0919. The van der Waals surface area contributed by atoms with Crippen LogP contribution in [0.3, 0.4) is 0 Å². The van der Waals surface area contributed by atoms with Gasteiger partial charge in [-0.1, -0.05) is 12.8 Å². The Balaban J connectivity index is 2.21. The first-order valence-electron chi connectivity index (χ1n) is 5.15. The molecule has 2 aliphatic rings. The Kier molecular flexibility index (Phi) is 2.68. The van der Waals surface area contributed by atoms with Crippen LogP contribution in [-0.4, -0.2) is 31.6 Å². The molecule has 0 aromatic rings. The molecule has 2 rings (SSSR count). The Morgan fingerprint density at radius 2 is 1.80 bits per heavy atom. The van der Waals surface area contributed by atoms with Crippen molar-refractivity contribution in [3.8, 4) is 0 Å². The highest BCUT2D eigenvalue weighted by atomic mass is 32.2. The van der Waals surface area contributed by atoms with Crippen LogP contribution in [0, 0.1) is 0 Å². The molecular formula is C9H15N3O2S. The van der Waals surface area contributed by atoms with Crippen LogP contribution >= 0.6 is 0 Å². The van der Waals surface area contributed by atoms with E-state index < -0.39 is 9.84 Å². The fraction of sp³-hybridized carbons (Fsp3) is 0.667. The highest BCUT2D eigenvalue weighted by Crippen LogP contribution is 2.18. The molecule has 1 fully saturated rings. The van der Waals surface area contributed by atoms with Gasteiger partial charge in [0.05, 0.1) is 5.41 Å². The molecule has 0 aromatic heterocycles. The predicted octanol–water partition coefficient (Wildman–Crippen LogP) is 0.404. The molecule has 0 bridgehead atoms. The molecule has 1 saturated heterocycles. The molecule has 0 aliphatic carbocycles. The lowest BCUT2D eigenvalue weighted by atomic mass is 10.2. The lowest BCUT2D eigenvalue weighted by Gasteiger charge is -2.20. The topological polar surface area (TPSA) is 75.8 Å². The SMILES string of the molecule is NC1=CS(=O)(=O)C(N2CCCCCC2)=N1. The molecule has 2 N–H and O–H groups in total. The minimum Gasteiger partial charge on any atom is -0.383 e. The molecule has 6 heteroatoms. The van der Waals surface area contributed by atoms with Gasteiger partial charge in [0.25, 0.3) is 0 Å². The second-order valence-electron chi connectivity index (χ2n) is 3.88. The van der Waals surface area contributed by atoms with Crippen LogP contribution in [0.1, 0.15) is 25.7 Å². The first-order chi connectivity index (χ1) is 7.09. The number of nitrogens with two attached hydrogens (primary N) is 1. The van der Waals surface area contributed by atoms with Crippen molar-refractivity contribution in [3.63, 3.8) is 0 Å². The van der Waals surface area contributed by atoms with E-state index in [9.17, 15) is 8.42 Å². The van der Waals surface area contributed by atoms with Crippen molar-refractivity contribution in [2.45, 2.75) is 25.7 Å². The maximum absolute atomic E-state index is 11.7. The van der Waals surface area contributed by atoms with Gasteiger partial charge >= 0.3 is 0 Å². The zero-order valence-corrected chi connectivity index (χ0v) is 9.33. The van der Waals surface area contributed by atoms with Crippen LogP contribution in [0.4, 0.5) is 0 Å². The molecular weight excluding hydrogens is 214 g/mol. The summed E-state index contributed by atoms with van der Waals surface area (Å²) in [4.78, 5) is 5.73. The molecule has 0 unspecified atom stereocenters. The van der Waals surface area contributed by atoms with Crippen LogP contribution in [0.2, 0.25) is 0 Å². The number of rotatable bonds is 0. The second-order valence-corrected chi connectivity index (χ2v) is 5.57. The predicted molar refractivity (Wildman–Crippen MR) is 58.7 cm³/mol. The Morgan fingerprint density at radius 1 is 1.20 bits per heavy atom. The number of likely N-dealkylation sites (tertiary alicyclic amines) is 1. The average molecular weight is 229 g/mol. The largest absolute Gasteiger partial charge is 0.383 e. The van der Waals surface area contributed by atoms with Crippen LogP contribution < -0.4 is 5.73 Å². The van der Waals surface area contributed by atoms with E-state index in [1.165, 1.54) is 0 Å². The van der Waals surface area contributed by atoms with E-state index in [2.05, 4.69) is 4.99 Å². The highest BCUT2D eigenvalue weighted by Gasteiger charge is 2.29. The molecule has 0 saturated carbocycles. The summed E-state index contributed by atoms with van der Waals surface area (Å²) >= 11 is 0. The summed E-state index contributed by atoms with van der Waals surface area (Å²) in [5.74, 6) is 0.0919. The fourth-order valence-electron chi connectivity index (χ4n) is 1.92. The van der Waals surface area contributed by atoms with E-state index in [4.69, 9.17) is 5.73 Å². The Morgan fingerprint density at radius 3 is 2.27 bits per heavy atom. The molecule has 2 aliphatic heterocycles. The third-order valence-corrected chi connectivity index (χ3v) is 4.04. The van der Waals surface area contributed by atoms with Gasteiger partial charge in [0.2, 0.25) is 15.0 Å². The first kappa shape index (κ1) is 10.5. The number of amidine groups is 1. The summed E-state index contributed by atoms with van der Waals surface area (Å²) in [6, 6.07) is 0. The van der Waals surface area contributed by atoms with Crippen LogP contribution in [0.25, 0.3) is 0 Å². The van der Waals surface area contributed by atoms with E-state index in [0.717, 1.165) is 44.2 Å². The van der Waals surface area contributed by atoms with Gasteiger partial charge in [0, 0.05) is 13.1 Å². The van der Waals surface area contributed by atoms with E-state index in [-0.39, 0.29) is 11.0 Å². The number of sulfone groups is 1. The summed E-state index contributed by atoms with van der Waals surface area (Å²) in [5.41, 5.74) is 5.41. The molecule has 5 nitrogen and oxygen atoms in total. The Hall–Kier alpha value is -1.04. The normalized spacial score (nSPS) is 25.7. The zero-order chi connectivity index (χ0) is 10.9. The molecule has 0 amide bonds. The fourth-order valence-corrected chi connectivity index (χ4v) is 3.18. The van der Waals surface area contributed by atoms with Gasteiger partial charge < -0.3 is 10.6 Å². The van der Waals surface area contributed by atoms with E-state index in [1.807, 2.05) is 4.90 Å². The quantitative estimate of drug-likeness (QED) is 0.652. The molecule has 0 aromatic carbocycles. The van der Waals surface area contributed by atoms with Gasteiger partial charge in [-0.15, -0.1) is 0 Å². The third-order valence-electron chi connectivity index (χ3n) is 2.63. The third kappa shape index (κ3) is 2.14. The molecule has 0 spiro atoms. The Bertz CT molecular complexity index is 403. The summed E-state index contributed by atoms with van der Waals surface area (Å²) in [6.45, 7) is 1.53. The van der Waals surface area contributed by atoms with Crippen molar-refractivity contribution in [2.24, 2.45) is 10.7 Å². The van der Waals surface area contributed by atoms with Crippen molar-refractivity contribution in [3.05, 3.63) is 11.2 Å². The van der Waals surface area contributed by atoms with Crippen LogP contribution in [0.15, 0.2) is 16.2 Å². The maximum atomic E-state index is 11.7. The zero-order valence-electron chi connectivity index (χ0n) is 8.52. The summed E-state index contributed by atoms with van der Waals surface area (Å²) in [5, 5.41) is 1.18. The average Bonchev–Trinajstić information content (AvgIpc) is 2.41. The van der Waals surface area contributed by atoms with Crippen LogP contribution in [0.5, 0.6) is 0 Å². The minimum atomic E-state index is -3.36. The van der Waals surface area contributed by atoms with Gasteiger partial charge in [0.15, 0.2) is 0 Å². The molecule has 0 radical (unpaired) electrons. The number of hydrogen-bond acceptors (Lipinski definition) is 5. The van der Waals surface area contributed by atoms with E-state index >= 15 is 0 Å². The molecule has 15 heavy (non-hydrogen) atoms. The van der Waals surface area contributed by atoms with E-state index in [0.29, 0.717) is 0 Å². The second kappa shape index (κ2) is 3.84. The number of aliphatic imine (C=N–C) groups is 1. The monoisotopic (exact) mass is 229 g/mol. The maximum Gasteiger partial charge on any atom is 0.236 e. The van der Waals surface area contributed by atoms with Gasteiger partial charge in [-0.25, -0.2) is 13.4 Å². The van der Waals surface area contributed by atoms with Gasteiger partial charge in [-0.05, 0) is 12.8 Å². The number of hydrogen-bond donors (Lipinski definition) is 1. The van der Waals surface area contributed by atoms with Crippen molar-refractivity contribution in [1.82, 2.24) is 4.90 Å². The standard InChI is InChI=1S/C9H15N3O2S/c10-8-7-15(13,14)9(11-8)12-5-3-1-2-4-6-12/h7H,1-6,10H2. The Labute approximate surface area is 89.6 Å². The van der Waals surface area contributed by atoms with E-state index in [1.54, 1.807) is 0 Å². The summed E-state index contributed by atoms with van der Waals surface area (Å²) in [7, 11) is -3.36. The smallest absolute Gasteiger partial charge is 0.236 e. The van der Waals surface area contributed by atoms with Gasteiger partial charge in [0.1, 0.15) is 5.82 Å². The number of nitrogens with zero attached hydrogens (tertiary/aromatic N) is 2. The van der Waals surface area contributed by atoms with Gasteiger partial charge in [-0.3, -0.25) is 0 Å². The van der Waals surface area contributed by atoms with Crippen molar-refractivity contribution < 1.29 is 8.42 Å². The first-order valence-corrected chi connectivity index (χ1v) is 6.70. The lowest BCUT2D eigenvalue weighted by molar-refractivity contribution is 0.440. The van der Waals surface area contributed by atoms with Gasteiger partial charge in [-0.2, -0.15) is 0 Å². The van der Waals surface area contributed by atoms with Crippen molar-refractivity contribution >= 4 is 15.0 Å². The summed E-state index contributed by atoms with van der Waals surface area (Å²) < 4.78 is 23.3. The van der Waals surface area contributed by atoms with Crippen molar-refractivity contribution in [1.29, 1.82) is 0 Å². The molecule has 84 valence electrons. The summed E-state index contributed by atoms with van der Waals surface area (Å²) in [6.07, 6.45) is 4.36. The highest BCUT2D eigenvalue weighted by molar-refractivity contribution is 8.09. The molecule has 0 atom stereocenters. The van der Waals surface area contributed by atoms with Crippen LogP contribution in [-0.2, 0) is 9.84 Å². The lowest BCUT2D eigenvalue weighted by Crippen LogP contribution is -2.35. The van der Waals surface area contributed by atoms with Crippen molar-refractivity contribution in [2.75, 3.05) is 13.1 Å². The molecule has 2 heterocycles.